The maximum absolute atomic E-state index is 12.7. The fraction of sp³-hybridized carbons (Fsp3) is 0.450. The zero-order valence-corrected chi connectivity index (χ0v) is 17.5. The minimum atomic E-state index is -3.71. The van der Waals surface area contributed by atoms with Crippen LogP contribution < -0.4 is 10.2 Å². The van der Waals surface area contributed by atoms with Gasteiger partial charge in [0.05, 0.1) is 9.82 Å². The number of nitro groups is 1. The fourth-order valence-electron chi connectivity index (χ4n) is 3.94. The molecule has 4 rings (SSSR count). The molecule has 0 radical (unpaired) electrons. The highest BCUT2D eigenvalue weighted by Gasteiger charge is 2.29. The van der Waals surface area contributed by atoms with Crippen LogP contribution >= 0.6 is 0 Å². The molecule has 0 amide bonds. The van der Waals surface area contributed by atoms with Gasteiger partial charge in [0.2, 0.25) is 10.0 Å². The number of nitrogens with one attached hydrogen (secondary N) is 1. The molecule has 0 unspecified atom stereocenters. The van der Waals surface area contributed by atoms with E-state index < -0.39 is 14.9 Å². The van der Waals surface area contributed by atoms with Crippen molar-refractivity contribution in [2.24, 2.45) is 0 Å². The van der Waals surface area contributed by atoms with Crippen molar-refractivity contribution in [2.75, 3.05) is 36.4 Å². The molecule has 3 heterocycles. The standard InChI is InChI=1S/C20H25N5O4S/c26-25(27)19-14-17(30(28,29)24-11-3-4-12-24)5-6-18(19)22-15-16-7-8-21-20(13-16)23-9-1-2-10-23/h5-8,13-14,22H,1-4,9-12,15H2. The molecule has 2 fully saturated rings. The van der Waals surface area contributed by atoms with Crippen LogP contribution in [0.4, 0.5) is 17.2 Å². The molecule has 160 valence electrons. The zero-order valence-electron chi connectivity index (χ0n) is 16.7. The smallest absolute Gasteiger partial charge is 0.293 e. The number of hydrogen-bond donors (Lipinski definition) is 1. The van der Waals surface area contributed by atoms with E-state index in [0.717, 1.165) is 56.2 Å². The van der Waals surface area contributed by atoms with Crippen LogP contribution in [0.2, 0.25) is 0 Å². The highest BCUT2D eigenvalue weighted by Crippen LogP contribution is 2.30. The van der Waals surface area contributed by atoms with Crippen LogP contribution in [0.15, 0.2) is 41.4 Å². The highest BCUT2D eigenvalue weighted by molar-refractivity contribution is 7.89. The monoisotopic (exact) mass is 431 g/mol. The summed E-state index contributed by atoms with van der Waals surface area (Å²) in [6, 6.07) is 7.91. The van der Waals surface area contributed by atoms with Crippen molar-refractivity contribution in [3.63, 3.8) is 0 Å². The van der Waals surface area contributed by atoms with Gasteiger partial charge < -0.3 is 10.2 Å². The first-order valence-corrected chi connectivity index (χ1v) is 11.6. The predicted octanol–water partition coefficient (Wildman–Crippen LogP) is 2.99. The van der Waals surface area contributed by atoms with Gasteiger partial charge in [-0.25, -0.2) is 13.4 Å². The molecule has 0 spiro atoms. The summed E-state index contributed by atoms with van der Waals surface area (Å²) in [5, 5.41) is 14.7. The number of benzene rings is 1. The van der Waals surface area contributed by atoms with Gasteiger partial charge in [0, 0.05) is 45.0 Å². The minimum absolute atomic E-state index is 0.0399. The summed E-state index contributed by atoms with van der Waals surface area (Å²) >= 11 is 0. The first kappa shape index (κ1) is 20.5. The molecule has 1 N–H and O–H groups in total. The van der Waals surface area contributed by atoms with Crippen molar-refractivity contribution in [3.05, 3.63) is 52.2 Å². The topological polar surface area (TPSA) is 109 Å². The van der Waals surface area contributed by atoms with Crippen LogP contribution in [0.3, 0.4) is 0 Å². The lowest BCUT2D eigenvalue weighted by atomic mass is 10.2. The Bertz CT molecular complexity index is 1030. The zero-order chi connectivity index (χ0) is 21.1. The van der Waals surface area contributed by atoms with Gasteiger partial charge in [-0.15, -0.1) is 0 Å². The minimum Gasteiger partial charge on any atom is -0.375 e. The SMILES string of the molecule is O=[N+]([O-])c1cc(S(=O)(=O)N2CCCC2)ccc1NCc1ccnc(N2CCCC2)c1. The summed E-state index contributed by atoms with van der Waals surface area (Å²) in [7, 11) is -3.71. The molecule has 9 nitrogen and oxygen atoms in total. The lowest BCUT2D eigenvalue weighted by Crippen LogP contribution is -2.27. The second-order valence-corrected chi connectivity index (χ2v) is 9.56. The van der Waals surface area contributed by atoms with Gasteiger partial charge in [-0.2, -0.15) is 4.31 Å². The Morgan fingerprint density at radius 2 is 1.73 bits per heavy atom. The molecule has 0 aliphatic carbocycles. The molecule has 0 saturated carbocycles. The molecule has 2 aliphatic heterocycles. The van der Waals surface area contributed by atoms with E-state index in [1.165, 1.54) is 16.4 Å². The van der Waals surface area contributed by atoms with E-state index in [-0.39, 0.29) is 10.6 Å². The Kier molecular flexibility index (Phi) is 5.87. The fourth-order valence-corrected chi connectivity index (χ4v) is 5.47. The van der Waals surface area contributed by atoms with Crippen LogP contribution in [0, 0.1) is 10.1 Å². The van der Waals surface area contributed by atoms with E-state index in [9.17, 15) is 18.5 Å². The van der Waals surface area contributed by atoms with E-state index in [2.05, 4.69) is 15.2 Å². The van der Waals surface area contributed by atoms with E-state index in [1.54, 1.807) is 6.20 Å². The van der Waals surface area contributed by atoms with Crippen LogP contribution in [0.5, 0.6) is 0 Å². The first-order chi connectivity index (χ1) is 14.4. The summed E-state index contributed by atoms with van der Waals surface area (Å²) in [6.07, 6.45) is 5.68. The summed E-state index contributed by atoms with van der Waals surface area (Å²) in [5.74, 6) is 0.911. The molecular weight excluding hydrogens is 406 g/mol. The number of nitro benzene ring substituents is 1. The van der Waals surface area contributed by atoms with E-state index >= 15 is 0 Å². The van der Waals surface area contributed by atoms with E-state index in [4.69, 9.17) is 0 Å². The van der Waals surface area contributed by atoms with Gasteiger partial charge in [0.25, 0.3) is 5.69 Å². The lowest BCUT2D eigenvalue weighted by molar-refractivity contribution is -0.384. The molecule has 30 heavy (non-hydrogen) atoms. The Morgan fingerprint density at radius 1 is 1.03 bits per heavy atom. The third-order valence-electron chi connectivity index (χ3n) is 5.59. The van der Waals surface area contributed by atoms with Crippen LogP contribution in [0.1, 0.15) is 31.2 Å². The molecule has 10 heteroatoms. The van der Waals surface area contributed by atoms with Gasteiger partial charge >= 0.3 is 0 Å². The maximum atomic E-state index is 12.7. The van der Waals surface area contributed by atoms with Crippen molar-refractivity contribution in [1.82, 2.24) is 9.29 Å². The van der Waals surface area contributed by atoms with Crippen LogP contribution in [-0.2, 0) is 16.6 Å². The number of sulfonamides is 1. The van der Waals surface area contributed by atoms with Crippen LogP contribution in [-0.4, -0.2) is 48.8 Å². The van der Waals surface area contributed by atoms with Gasteiger partial charge in [0.1, 0.15) is 11.5 Å². The van der Waals surface area contributed by atoms with Crippen molar-refractivity contribution in [3.8, 4) is 0 Å². The Hall–Kier alpha value is -2.72. The third-order valence-corrected chi connectivity index (χ3v) is 7.49. The maximum Gasteiger partial charge on any atom is 0.293 e. The average Bonchev–Trinajstić information content (AvgIpc) is 3.47. The molecule has 1 aromatic heterocycles. The van der Waals surface area contributed by atoms with Gasteiger partial charge in [0.15, 0.2) is 0 Å². The second-order valence-electron chi connectivity index (χ2n) is 7.62. The van der Waals surface area contributed by atoms with Crippen LogP contribution in [0.25, 0.3) is 0 Å². The number of hydrogen-bond acceptors (Lipinski definition) is 7. The molecule has 0 atom stereocenters. The van der Waals surface area contributed by atoms with Gasteiger partial charge in [-0.05, 0) is 55.5 Å². The average molecular weight is 432 g/mol. The van der Waals surface area contributed by atoms with Crippen molar-refractivity contribution < 1.29 is 13.3 Å². The summed E-state index contributed by atoms with van der Waals surface area (Å²) in [6.45, 7) is 3.27. The van der Waals surface area contributed by atoms with Crippen molar-refractivity contribution >= 4 is 27.2 Å². The van der Waals surface area contributed by atoms with Crippen molar-refractivity contribution in [1.29, 1.82) is 0 Å². The lowest BCUT2D eigenvalue weighted by Gasteiger charge is -2.17. The Labute approximate surface area is 175 Å². The Balaban J connectivity index is 1.53. The summed E-state index contributed by atoms with van der Waals surface area (Å²) in [4.78, 5) is 17.7. The highest BCUT2D eigenvalue weighted by atomic mass is 32.2. The molecule has 2 saturated heterocycles. The normalized spacial score (nSPS) is 17.4. The number of aromatic nitrogens is 1. The van der Waals surface area contributed by atoms with Crippen molar-refractivity contribution in [2.45, 2.75) is 37.1 Å². The van der Waals surface area contributed by atoms with Gasteiger partial charge in [-0.3, -0.25) is 10.1 Å². The number of pyridine rings is 1. The summed E-state index contributed by atoms with van der Waals surface area (Å²) < 4.78 is 26.9. The number of nitrogens with zero attached hydrogens (tertiary/aromatic N) is 4. The molecular formula is C20H25N5O4S. The quantitative estimate of drug-likeness (QED) is 0.530. The predicted molar refractivity (Wildman–Crippen MR) is 114 cm³/mol. The van der Waals surface area contributed by atoms with E-state index in [0.29, 0.717) is 25.3 Å². The Morgan fingerprint density at radius 3 is 2.43 bits per heavy atom. The number of rotatable bonds is 7. The summed E-state index contributed by atoms with van der Waals surface area (Å²) in [5.41, 5.74) is 0.999. The van der Waals surface area contributed by atoms with E-state index in [1.807, 2.05) is 12.1 Å². The van der Waals surface area contributed by atoms with Gasteiger partial charge in [-0.1, -0.05) is 0 Å². The third kappa shape index (κ3) is 4.24. The molecule has 2 aromatic rings. The second kappa shape index (κ2) is 8.57. The largest absolute Gasteiger partial charge is 0.375 e. The number of anilines is 2. The molecule has 2 aliphatic rings. The molecule has 1 aromatic carbocycles. The first-order valence-electron chi connectivity index (χ1n) is 10.2. The molecule has 0 bridgehead atoms.